The SMILES string of the molecule is CSc1ccc(C(=O)NC2CCc3nnc(-c4cnn(C)c4)n3CC2)cc1. The van der Waals surface area contributed by atoms with Gasteiger partial charge in [0.15, 0.2) is 5.82 Å². The number of nitrogens with one attached hydrogen (secondary N) is 1. The van der Waals surface area contributed by atoms with Crippen LogP contribution in [0.25, 0.3) is 11.4 Å². The Morgan fingerprint density at radius 1 is 1.22 bits per heavy atom. The molecule has 1 aromatic carbocycles. The first-order chi connectivity index (χ1) is 13.1. The number of fused-ring (bicyclic) bond motifs is 1. The standard InChI is InChI=1S/C19H22N6OS/c1-24-12-14(11-20-24)18-23-22-17-8-5-15(9-10-25(17)18)21-19(26)13-3-6-16(27-2)7-4-13/h3-4,6-7,11-12,15H,5,8-10H2,1-2H3,(H,21,26). The van der Waals surface area contributed by atoms with Crippen LogP contribution < -0.4 is 5.32 Å². The first kappa shape index (κ1) is 17.8. The van der Waals surface area contributed by atoms with Gasteiger partial charge in [0.2, 0.25) is 0 Å². The monoisotopic (exact) mass is 382 g/mol. The van der Waals surface area contributed by atoms with Crippen molar-refractivity contribution in [1.29, 1.82) is 0 Å². The number of nitrogens with zero attached hydrogens (tertiary/aromatic N) is 5. The van der Waals surface area contributed by atoms with Crippen molar-refractivity contribution >= 4 is 17.7 Å². The molecular formula is C19H22N6OS. The van der Waals surface area contributed by atoms with Crippen LogP contribution >= 0.6 is 11.8 Å². The quantitative estimate of drug-likeness (QED) is 0.702. The Morgan fingerprint density at radius 3 is 2.74 bits per heavy atom. The van der Waals surface area contributed by atoms with E-state index in [0.29, 0.717) is 5.56 Å². The zero-order chi connectivity index (χ0) is 18.8. The van der Waals surface area contributed by atoms with Crippen LogP contribution in [0.3, 0.4) is 0 Å². The molecule has 0 aliphatic carbocycles. The summed E-state index contributed by atoms with van der Waals surface area (Å²) in [6, 6.07) is 7.85. The van der Waals surface area contributed by atoms with Gasteiger partial charge in [0, 0.05) is 42.7 Å². The number of hydrogen-bond donors (Lipinski definition) is 1. The van der Waals surface area contributed by atoms with Crippen LogP contribution in [0.4, 0.5) is 0 Å². The molecule has 4 rings (SSSR count). The maximum Gasteiger partial charge on any atom is 0.251 e. The maximum absolute atomic E-state index is 12.6. The Hall–Kier alpha value is -2.61. The molecule has 27 heavy (non-hydrogen) atoms. The zero-order valence-corrected chi connectivity index (χ0v) is 16.2. The maximum atomic E-state index is 12.6. The molecular weight excluding hydrogens is 360 g/mol. The average Bonchev–Trinajstić information content (AvgIpc) is 3.24. The average molecular weight is 382 g/mol. The number of hydrogen-bond acceptors (Lipinski definition) is 5. The van der Waals surface area contributed by atoms with Crippen LogP contribution in [0.1, 0.15) is 29.0 Å². The van der Waals surface area contributed by atoms with Gasteiger partial charge in [0.25, 0.3) is 5.91 Å². The van der Waals surface area contributed by atoms with Crippen molar-refractivity contribution in [2.45, 2.75) is 36.7 Å². The summed E-state index contributed by atoms with van der Waals surface area (Å²) in [5.41, 5.74) is 1.67. The molecule has 1 aliphatic heterocycles. The van der Waals surface area contributed by atoms with E-state index in [-0.39, 0.29) is 11.9 Å². The number of benzene rings is 1. The summed E-state index contributed by atoms with van der Waals surface area (Å²) < 4.78 is 3.91. The normalized spacial score (nSPS) is 16.6. The van der Waals surface area contributed by atoms with Crippen molar-refractivity contribution in [2.24, 2.45) is 7.05 Å². The minimum Gasteiger partial charge on any atom is -0.349 e. The topological polar surface area (TPSA) is 77.6 Å². The molecule has 7 nitrogen and oxygen atoms in total. The summed E-state index contributed by atoms with van der Waals surface area (Å²) in [7, 11) is 1.89. The largest absolute Gasteiger partial charge is 0.349 e. The molecule has 0 spiro atoms. The zero-order valence-electron chi connectivity index (χ0n) is 15.4. The smallest absolute Gasteiger partial charge is 0.251 e. The highest BCUT2D eigenvalue weighted by Gasteiger charge is 2.23. The number of carbonyl (C=O) groups is 1. The molecule has 1 unspecified atom stereocenters. The summed E-state index contributed by atoms with van der Waals surface area (Å²) in [6.07, 6.45) is 8.29. The predicted molar refractivity (Wildman–Crippen MR) is 105 cm³/mol. The number of carbonyl (C=O) groups excluding carboxylic acids is 1. The van der Waals surface area contributed by atoms with Gasteiger partial charge in [-0.15, -0.1) is 22.0 Å². The second kappa shape index (κ2) is 7.56. The Kier molecular flexibility index (Phi) is 4.98. The number of amides is 1. The summed E-state index contributed by atoms with van der Waals surface area (Å²) >= 11 is 1.67. The molecule has 1 N–H and O–H groups in total. The highest BCUT2D eigenvalue weighted by Crippen LogP contribution is 2.22. The third-order valence-corrected chi connectivity index (χ3v) is 5.64. The van der Waals surface area contributed by atoms with Crippen molar-refractivity contribution in [1.82, 2.24) is 29.9 Å². The third kappa shape index (κ3) is 3.75. The van der Waals surface area contributed by atoms with E-state index in [0.717, 1.165) is 47.9 Å². The third-order valence-electron chi connectivity index (χ3n) is 4.90. The van der Waals surface area contributed by atoms with Crippen LogP contribution in [-0.4, -0.2) is 42.7 Å². The van der Waals surface area contributed by atoms with Crippen LogP contribution in [0.5, 0.6) is 0 Å². The Balaban J connectivity index is 1.44. The lowest BCUT2D eigenvalue weighted by atomic mass is 10.1. The van der Waals surface area contributed by atoms with Crippen molar-refractivity contribution in [2.75, 3.05) is 6.26 Å². The predicted octanol–water partition coefficient (Wildman–Crippen LogP) is 2.54. The summed E-state index contributed by atoms with van der Waals surface area (Å²) in [4.78, 5) is 13.7. The van der Waals surface area contributed by atoms with Crippen molar-refractivity contribution in [3.8, 4) is 11.4 Å². The minimum absolute atomic E-state index is 0.0159. The first-order valence-electron chi connectivity index (χ1n) is 9.00. The van der Waals surface area contributed by atoms with Crippen molar-refractivity contribution < 1.29 is 4.79 Å². The Bertz CT molecular complexity index is 946. The van der Waals surface area contributed by atoms with E-state index >= 15 is 0 Å². The van der Waals surface area contributed by atoms with Gasteiger partial charge in [-0.25, -0.2) is 0 Å². The van der Waals surface area contributed by atoms with Crippen LogP contribution in [0.15, 0.2) is 41.6 Å². The summed E-state index contributed by atoms with van der Waals surface area (Å²) in [6.45, 7) is 0.781. The van der Waals surface area contributed by atoms with Gasteiger partial charge < -0.3 is 9.88 Å². The number of thioether (sulfide) groups is 1. The highest BCUT2D eigenvalue weighted by molar-refractivity contribution is 7.98. The lowest BCUT2D eigenvalue weighted by Crippen LogP contribution is -2.35. The molecule has 2 aromatic heterocycles. The first-order valence-corrected chi connectivity index (χ1v) is 10.2. The molecule has 0 radical (unpaired) electrons. The molecule has 1 atom stereocenters. The molecule has 0 saturated heterocycles. The number of rotatable bonds is 4. The van der Waals surface area contributed by atoms with E-state index in [1.807, 2.05) is 43.8 Å². The molecule has 8 heteroatoms. The molecule has 140 valence electrons. The van der Waals surface area contributed by atoms with Gasteiger partial charge >= 0.3 is 0 Å². The second-order valence-corrected chi connectivity index (χ2v) is 7.60. The molecule has 0 fully saturated rings. The fourth-order valence-corrected chi connectivity index (χ4v) is 3.80. The second-order valence-electron chi connectivity index (χ2n) is 6.72. The summed E-state index contributed by atoms with van der Waals surface area (Å²) in [5, 5.41) is 16.1. The summed E-state index contributed by atoms with van der Waals surface area (Å²) in [5.74, 6) is 1.80. The van der Waals surface area contributed by atoms with Crippen molar-refractivity contribution in [3.63, 3.8) is 0 Å². The highest BCUT2D eigenvalue weighted by atomic mass is 32.2. The van der Waals surface area contributed by atoms with Gasteiger partial charge in [0.05, 0.1) is 11.8 Å². The van der Waals surface area contributed by atoms with E-state index in [9.17, 15) is 4.79 Å². The molecule has 3 heterocycles. The van der Waals surface area contributed by atoms with E-state index < -0.39 is 0 Å². The van der Waals surface area contributed by atoms with Gasteiger partial charge in [-0.2, -0.15) is 5.10 Å². The molecule has 0 bridgehead atoms. The van der Waals surface area contributed by atoms with Gasteiger partial charge in [-0.05, 0) is 43.4 Å². The fraction of sp³-hybridized carbons (Fsp3) is 0.368. The molecule has 3 aromatic rings. The Labute approximate surface area is 162 Å². The lowest BCUT2D eigenvalue weighted by molar-refractivity contribution is 0.0933. The van der Waals surface area contributed by atoms with E-state index in [1.165, 1.54) is 0 Å². The van der Waals surface area contributed by atoms with Crippen molar-refractivity contribution in [3.05, 3.63) is 48.0 Å². The van der Waals surface area contributed by atoms with Crippen LogP contribution in [-0.2, 0) is 20.0 Å². The van der Waals surface area contributed by atoms with E-state index in [2.05, 4.69) is 25.2 Å². The van der Waals surface area contributed by atoms with Crippen LogP contribution in [0.2, 0.25) is 0 Å². The van der Waals surface area contributed by atoms with Crippen LogP contribution in [0, 0.1) is 0 Å². The minimum atomic E-state index is -0.0159. The molecule has 1 aliphatic rings. The fourth-order valence-electron chi connectivity index (χ4n) is 3.39. The lowest BCUT2D eigenvalue weighted by Gasteiger charge is -2.16. The van der Waals surface area contributed by atoms with Gasteiger partial charge in [0.1, 0.15) is 5.82 Å². The van der Waals surface area contributed by atoms with E-state index in [4.69, 9.17) is 0 Å². The van der Waals surface area contributed by atoms with E-state index in [1.54, 1.807) is 22.6 Å². The number of aromatic nitrogens is 5. The Morgan fingerprint density at radius 2 is 2.04 bits per heavy atom. The number of aryl methyl sites for hydroxylation is 2. The molecule has 1 amide bonds. The molecule has 0 saturated carbocycles. The van der Waals surface area contributed by atoms with Gasteiger partial charge in [-0.1, -0.05) is 0 Å². The van der Waals surface area contributed by atoms with Gasteiger partial charge in [-0.3, -0.25) is 9.48 Å².